The Morgan fingerprint density at radius 2 is 2.04 bits per heavy atom. The summed E-state index contributed by atoms with van der Waals surface area (Å²) in [6, 6.07) is 6.02. The van der Waals surface area contributed by atoms with Crippen LogP contribution in [0.3, 0.4) is 0 Å². The van der Waals surface area contributed by atoms with E-state index in [1.165, 1.54) is 0 Å². The fraction of sp³-hybridized carbons (Fsp3) is 0.421. The molecule has 3 rings (SSSR count). The average molecular weight is 348 g/mol. The van der Waals surface area contributed by atoms with E-state index in [9.17, 15) is 13.6 Å². The standard InChI is InChI=1S/C19H22F2N2O2/c1-13-8-17(20)18(21)9-16(13)19(24)23-11-14(5-7-25-2)10-22-6-3-4-15(22)12-23/h3-4,6,8-9,14H,5,7,10-12H2,1-2H3/t14-/m0/s1. The summed E-state index contributed by atoms with van der Waals surface area (Å²) >= 11 is 0. The topological polar surface area (TPSA) is 34.5 Å². The molecule has 1 aliphatic rings. The van der Waals surface area contributed by atoms with Gasteiger partial charge in [0.2, 0.25) is 0 Å². The summed E-state index contributed by atoms with van der Waals surface area (Å²) < 4.78 is 34.3. The highest BCUT2D eigenvalue weighted by Crippen LogP contribution is 2.23. The van der Waals surface area contributed by atoms with Gasteiger partial charge in [-0.2, -0.15) is 0 Å². The van der Waals surface area contributed by atoms with Gasteiger partial charge in [0.05, 0.1) is 6.54 Å². The van der Waals surface area contributed by atoms with Gasteiger partial charge in [-0.05, 0) is 49.1 Å². The zero-order valence-electron chi connectivity index (χ0n) is 14.5. The molecule has 0 N–H and O–H groups in total. The van der Waals surface area contributed by atoms with E-state index in [1.807, 2.05) is 18.3 Å². The number of carbonyl (C=O) groups excluding carboxylic acids is 1. The quantitative estimate of drug-likeness (QED) is 0.849. The smallest absolute Gasteiger partial charge is 0.254 e. The SMILES string of the molecule is COCC[C@@H]1CN(C(=O)c2cc(F)c(F)cc2C)Cc2cccn2C1. The Hall–Kier alpha value is -2.21. The van der Waals surface area contributed by atoms with E-state index in [4.69, 9.17) is 4.74 Å². The molecule has 0 fully saturated rings. The van der Waals surface area contributed by atoms with Crippen molar-refractivity contribution in [3.63, 3.8) is 0 Å². The minimum absolute atomic E-state index is 0.212. The van der Waals surface area contributed by atoms with Crippen molar-refractivity contribution in [1.29, 1.82) is 0 Å². The van der Waals surface area contributed by atoms with Crippen LogP contribution in [0.15, 0.2) is 30.5 Å². The number of aryl methyl sites for hydroxylation is 1. The molecule has 0 radical (unpaired) electrons. The molecule has 0 spiro atoms. The van der Waals surface area contributed by atoms with Gasteiger partial charge in [-0.25, -0.2) is 8.78 Å². The average Bonchev–Trinajstić information content (AvgIpc) is 2.93. The number of rotatable bonds is 4. The van der Waals surface area contributed by atoms with E-state index in [1.54, 1.807) is 18.9 Å². The predicted octanol–water partition coefficient (Wildman–Crippen LogP) is 3.38. The van der Waals surface area contributed by atoms with Gasteiger partial charge in [0.1, 0.15) is 0 Å². The van der Waals surface area contributed by atoms with Crippen LogP contribution >= 0.6 is 0 Å². The lowest BCUT2D eigenvalue weighted by atomic mass is 10.0. The number of halogens is 2. The third-order valence-corrected chi connectivity index (χ3v) is 4.73. The number of aromatic nitrogens is 1. The van der Waals surface area contributed by atoms with Crippen LogP contribution in [0.4, 0.5) is 8.78 Å². The maximum absolute atomic E-state index is 13.6. The number of fused-ring (bicyclic) bond motifs is 1. The van der Waals surface area contributed by atoms with E-state index < -0.39 is 11.6 Å². The predicted molar refractivity (Wildman–Crippen MR) is 90.3 cm³/mol. The Labute approximate surface area is 146 Å². The van der Waals surface area contributed by atoms with Crippen LogP contribution in [0.25, 0.3) is 0 Å². The van der Waals surface area contributed by atoms with Crippen LogP contribution in [0, 0.1) is 24.5 Å². The summed E-state index contributed by atoms with van der Waals surface area (Å²) in [4.78, 5) is 14.7. The largest absolute Gasteiger partial charge is 0.385 e. The minimum atomic E-state index is -0.997. The summed E-state index contributed by atoms with van der Waals surface area (Å²) in [5, 5.41) is 0. The van der Waals surface area contributed by atoms with Crippen molar-refractivity contribution in [2.45, 2.75) is 26.4 Å². The molecule has 25 heavy (non-hydrogen) atoms. The summed E-state index contributed by atoms with van der Waals surface area (Å²) in [6.07, 6.45) is 2.83. The maximum Gasteiger partial charge on any atom is 0.254 e. The van der Waals surface area contributed by atoms with Crippen LogP contribution in [-0.4, -0.2) is 35.6 Å². The lowest BCUT2D eigenvalue weighted by Crippen LogP contribution is -2.34. The summed E-state index contributed by atoms with van der Waals surface area (Å²) in [6.45, 7) is 4.06. The van der Waals surface area contributed by atoms with Crippen LogP contribution in [0.1, 0.15) is 28.0 Å². The number of carbonyl (C=O) groups is 1. The second-order valence-corrected chi connectivity index (χ2v) is 6.57. The number of hydrogen-bond donors (Lipinski definition) is 0. The Morgan fingerprint density at radius 1 is 1.28 bits per heavy atom. The molecule has 6 heteroatoms. The van der Waals surface area contributed by atoms with Crippen molar-refractivity contribution >= 4 is 5.91 Å². The molecule has 1 aromatic heterocycles. The Morgan fingerprint density at radius 3 is 2.80 bits per heavy atom. The third-order valence-electron chi connectivity index (χ3n) is 4.73. The molecule has 0 aliphatic carbocycles. The van der Waals surface area contributed by atoms with Crippen LogP contribution in [0.2, 0.25) is 0 Å². The van der Waals surface area contributed by atoms with Crippen molar-refractivity contribution in [2.75, 3.05) is 20.3 Å². The minimum Gasteiger partial charge on any atom is -0.385 e. The van der Waals surface area contributed by atoms with Gasteiger partial charge < -0.3 is 14.2 Å². The first-order chi connectivity index (χ1) is 12.0. The van der Waals surface area contributed by atoms with Gasteiger partial charge in [-0.3, -0.25) is 4.79 Å². The molecule has 1 amide bonds. The second-order valence-electron chi connectivity index (χ2n) is 6.57. The van der Waals surface area contributed by atoms with Gasteiger partial charge in [0.25, 0.3) is 5.91 Å². The third kappa shape index (κ3) is 3.74. The molecule has 4 nitrogen and oxygen atoms in total. The highest BCUT2D eigenvalue weighted by molar-refractivity contribution is 5.95. The summed E-state index contributed by atoms with van der Waals surface area (Å²) in [7, 11) is 1.66. The Balaban J connectivity index is 1.89. The lowest BCUT2D eigenvalue weighted by Gasteiger charge is -2.25. The van der Waals surface area contributed by atoms with Crippen molar-refractivity contribution in [1.82, 2.24) is 9.47 Å². The van der Waals surface area contributed by atoms with Gasteiger partial charge in [0, 0.05) is 44.3 Å². The van der Waals surface area contributed by atoms with Crippen molar-refractivity contribution < 1.29 is 18.3 Å². The molecule has 1 aliphatic heterocycles. The fourth-order valence-corrected chi connectivity index (χ4v) is 3.35. The highest BCUT2D eigenvalue weighted by Gasteiger charge is 2.27. The maximum atomic E-state index is 13.6. The van der Waals surface area contributed by atoms with Gasteiger partial charge in [-0.1, -0.05) is 0 Å². The zero-order valence-corrected chi connectivity index (χ0v) is 14.5. The number of ether oxygens (including phenoxy) is 1. The lowest BCUT2D eigenvalue weighted by molar-refractivity contribution is 0.0704. The molecule has 0 unspecified atom stereocenters. The molecule has 0 bridgehead atoms. The fourth-order valence-electron chi connectivity index (χ4n) is 3.35. The number of amides is 1. The molecular weight excluding hydrogens is 326 g/mol. The molecule has 0 saturated heterocycles. The van der Waals surface area contributed by atoms with Crippen molar-refractivity contribution in [3.05, 3.63) is 58.9 Å². The number of methoxy groups -OCH3 is 1. The van der Waals surface area contributed by atoms with Crippen LogP contribution in [-0.2, 0) is 17.8 Å². The van der Waals surface area contributed by atoms with E-state index in [-0.39, 0.29) is 17.4 Å². The van der Waals surface area contributed by atoms with E-state index in [2.05, 4.69) is 4.57 Å². The first-order valence-corrected chi connectivity index (χ1v) is 8.37. The molecule has 2 aromatic rings. The van der Waals surface area contributed by atoms with Crippen LogP contribution < -0.4 is 0 Å². The van der Waals surface area contributed by atoms with Gasteiger partial charge >= 0.3 is 0 Å². The first-order valence-electron chi connectivity index (χ1n) is 8.37. The molecule has 1 aromatic carbocycles. The Bertz CT molecular complexity index is 773. The summed E-state index contributed by atoms with van der Waals surface area (Å²) in [5.41, 5.74) is 1.69. The van der Waals surface area contributed by atoms with Gasteiger partial charge in [0.15, 0.2) is 11.6 Å². The molecule has 134 valence electrons. The second kappa shape index (κ2) is 7.35. The molecule has 1 atom stereocenters. The molecule has 0 saturated carbocycles. The molecular formula is C19H22F2N2O2. The zero-order chi connectivity index (χ0) is 18.0. The molecule has 2 heterocycles. The Kier molecular flexibility index (Phi) is 5.18. The van der Waals surface area contributed by atoms with Crippen LogP contribution in [0.5, 0.6) is 0 Å². The first kappa shape index (κ1) is 17.6. The van der Waals surface area contributed by atoms with Gasteiger partial charge in [-0.15, -0.1) is 0 Å². The highest BCUT2D eigenvalue weighted by atomic mass is 19.2. The van der Waals surface area contributed by atoms with E-state index in [0.29, 0.717) is 25.3 Å². The number of nitrogens with zero attached hydrogens (tertiary/aromatic N) is 2. The monoisotopic (exact) mass is 348 g/mol. The van der Waals surface area contributed by atoms with Crippen molar-refractivity contribution in [2.24, 2.45) is 5.92 Å². The number of benzene rings is 1. The van der Waals surface area contributed by atoms with E-state index in [0.717, 1.165) is 30.8 Å². The summed E-state index contributed by atoms with van der Waals surface area (Å²) in [5.74, 6) is -1.96. The van der Waals surface area contributed by atoms with E-state index >= 15 is 0 Å². The normalized spacial score (nSPS) is 17.3. The van der Waals surface area contributed by atoms with Crippen molar-refractivity contribution in [3.8, 4) is 0 Å². The number of hydrogen-bond acceptors (Lipinski definition) is 2.